The van der Waals surface area contributed by atoms with E-state index in [2.05, 4.69) is 0 Å². The molecule has 0 nitrogen and oxygen atoms in total. The standard InChI is InChI=1S/C12H8Cl2/c13-10-7-5-9(6-8-10)11-3-1-2-4-12(11)14/h1-8H/i1D,2D,3D,4D,5D,6D,7D,8D. The molecule has 70 valence electrons. The average Bonchev–Trinajstić information content (AvgIpc) is 2.50. The summed E-state index contributed by atoms with van der Waals surface area (Å²) in [5.41, 5.74) is -0.585. The predicted molar refractivity (Wildman–Crippen MR) is 61.9 cm³/mol. The first kappa shape index (κ1) is 3.88. The van der Waals surface area contributed by atoms with Gasteiger partial charge in [0.2, 0.25) is 0 Å². The molecule has 0 bridgehead atoms. The summed E-state index contributed by atoms with van der Waals surface area (Å²) in [6.07, 6.45) is 0. The van der Waals surface area contributed by atoms with Crippen LogP contribution in [0, 0.1) is 0 Å². The Morgan fingerprint density at radius 1 is 0.857 bits per heavy atom. The third-order valence-corrected chi connectivity index (χ3v) is 1.96. The highest BCUT2D eigenvalue weighted by Gasteiger charge is 2.01. The molecule has 0 amide bonds. The van der Waals surface area contributed by atoms with Gasteiger partial charge in [-0.2, -0.15) is 0 Å². The van der Waals surface area contributed by atoms with Crippen molar-refractivity contribution in [1.29, 1.82) is 0 Å². The molecule has 0 aliphatic rings. The second-order valence-electron chi connectivity index (χ2n) is 2.38. The molecule has 0 spiro atoms. The zero-order valence-corrected chi connectivity index (χ0v) is 8.27. The van der Waals surface area contributed by atoms with E-state index in [9.17, 15) is 0 Å². The zero-order chi connectivity index (χ0) is 16.9. The van der Waals surface area contributed by atoms with E-state index >= 15 is 0 Å². The highest BCUT2D eigenvalue weighted by Crippen LogP contribution is 2.28. The first-order chi connectivity index (χ1) is 10.1. The minimum Gasteiger partial charge on any atom is -0.0843 e. The summed E-state index contributed by atoms with van der Waals surface area (Å²) in [4.78, 5) is 0. The Hall–Kier alpha value is -0.980. The lowest BCUT2D eigenvalue weighted by atomic mass is 10.1. The normalized spacial score (nSPS) is 18.1. The van der Waals surface area contributed by atoms with Crippen LogP contribution in [-0.4, -0.2) is 0 Å². The van der Waals surface area contributed by atoms with Gasteiger partial charge in [0, 0.05) is 15.6 Å². The molecule has 2 heteroatoms. The Labute approximate surface area is 104 Å². The first-order valence-corrected chi connectivity index (χ1v) is 4.38. The van der Waals surface area contributed by atoms with Crippen LogP contribution in [0.25, 0.3) is 11.1 Å². The summed E-state index contributed by atoms with van der Waals surface area (Å²) in [5.74, 6) is 0. The van der Waals surface area contributed by atoms with Crippen molar-refractivity contribution in [2.75, 3.05) is 0 Å². The largest absolute Gasteiger partial charge is 0.0843 e. The second kappa shape index (κ2) is 4.04. The first-order valence-electron chi connectivity index (χ1n) is 7.63. The quantitative estimate of drug-likeness (QED) is 0.669. The van der Waals surface area contributed by atoms with E-state index in [0.29, 0.717) is 0 Å². The van der Waals surface area contributed by atoms with Crippen LogP contribution in [0.2, 0.25) is 10.0 Å². The lowest BCUT2D eigenvalue weighted by molar-refractivity contribution is 1.62. The molecule has 0 saturated heterocycles. The van der Waals surface area contributed by atoms with Crippen LogP contribution in [0.5, 0.6) is 0 Å². The number of halogens is 2. The molecule has 2 aromatic carbocycles. The van der Waals surface area contributed by atoms with E-state index in [-0.39, 0.29) is 21.2 Å². The van der Waals surface area contributed by atoms with Crippen LogP contribution < -0.4 is 0 Å². The molecule has 0 N–H and O–H groups in total. The van der Waals surface area contributed by atoms with Crippen molar-refractivity contribution in [3.63, 3.8) is 0 Å². The van der Waals surface area contributed by atoms with E-state index in [1.807, 2.05) is 0 Å². The summed E-state index contributed by atoms with van der Waals surface area (Å²) in [5, 5.41) is -0.732. The third kappa shape index (κ3) is 1.92. The van der Waals surface area contributed by atoms with Gasteiger partial charge in [0.15, 0.2) is 0 Å². The molecule has 0 aromatic heterocycles. The van der Waals surface area contributed by atoms with Gasteiger partial charge in [0.1, 0.15) is 0 Å². The summed E-state index contributed by atoms with van der Waals surface area (Å²) in [6.45, 7) is 0. The topological polar surface area (TPSA) is 0 Å². The van der Waals surface area contributed by atoms with Crippen molar-refractivity contribution >= 4 is 23.2 Å². The Morgan fingerprint density at radius 3 is 2.21 bits per heavy atom. The van der Waals surface area contributed by atoms with Crippen LogP contribution in [0.4, 0.5) is 0 Å². The van der Waals surface area contributed by atoms with E-state index in [4.69, 9.17) is 34.2 Å². The lowest BCUT2D eigenvalue weighted by Gasteiger charge is -2.03. The maximum Gasteiger partial charge on any atom is 0.0639 e. The van der Waals surface area contributed by atoms with Crippen molar-refractivity contribution in [2.45, 2.75) is 0 Å². The maximum absolute atomic E-state index is 7.91. The minimum absolute atomic E-state index is 0.277. The van der Waals surface area contributed by atoms with E-state index in [1.54, 1.807) is 0 Å². The van der Waals surface area contributed by atoms with E-state index in [1.165, 1.54) is 0 Å². The van der Waals surface area contributed by atoms with Gasteiger partial charge in [-0.3, -0.25) is 0 Å². The van der Waals surface area contributed by atoms with E-state index < -0.39 is 48.3 Å². The van der Waals surface area contributed by atoms with Gasteiger partial charge < -0.3 is 0 Å². The molecular weight excluding hydrogens is 215 g/mol. The maximum atomic E-state index is 7.91. The van der Waals surface area contributed by atoms with E-state index in [0.717, 1.165) is 0 Å². The predicted octanol–water partition coefficient (Wildman–Crippen LogP) is 4.66. The smallest absolute Gasteiger partial charge is 0.0639 e. The molecule has 2 rings (SSSR count). The SMILES string of the molecule is [2H]c1c([2H])c([2H])c(-c2c([2H])c([2H])c(Cl)c([2H])c2[2H])c(Cl)c1[2H]. The van der Waals surface area contributed by atoms with Crippen LogP contribution in [-0.2, 0) is 0 Å². The molecule has 14 heavy (non-hydrogen) atoms. The van der Waals surface area contributed by atoms with Gasteiger partial charge in [-0.25, -0.2) is 0 Å². The summed E-state index contributed by atoms with van der Waals surface area (Å²) in [6, 6.07) is -4.18. The Kier molecular flexibility index (Phi) is 1.12. The van der Waals surface area contributed by atoms with Crippen molar-refractivity contribution in [1.82, 2.24) is 0 Å². The third-order valence-electron chi connectivity index (χ3n) is 1.49. The van der Waals surface area contributed by atoms with Crippen LogP contribution >= 0.6 is 23.2 Å². The van der Waals surface area contributed by atoms with Crippen molar-refractivity contribution in [3.05, 3.63) is 58.4 Å². The van der Waals surface area contributed by atoms with Crippen molar-refractivity contribution in [2.24, 2.45) is 0 Å². The van der Waals surface area contributed by atoms with Gasteiger partial charge in [-0.15, -0.1) is 0 Å². The minimum atomic E-state index is -0.573. The highest BCUT2D eigenvalue weighted by atomic mass is 35.5. The molecular formula is C12H8Cl2. The molecule has 0 radical (unpaired) electrons. The molecule has 0 fully saturated rings. The molecule has 2 aromatic rings. The van der Waals surface area contributed by atoms with Gasteiger partial charge in [0.25, 0.3) is 0 Å². The monoisotopic (exact) mass is 230 g/mol. The fraction of sp³-hybridized carbons (Fsp3) is 0. The van der Waals surface area contributed by atoms with Gasteiger partial charge in [-0.1, -0.05) is 53.4 Å². The number of hydrogen-bond acceptors (Lipinski definition) is 0. The molecule has 0 atom stereocenters. The van der Waals surface area contributed by atoms with Crippen molar-refractivity contribution < 1.29 is 11.0 Å². The van der Waals surface area contributed by atoms with Crippen molar-refractivity contribution in [3.8, 4) is 11.1 Å². The molecule has 0 aliphatic heterocycles. The Bertz CT molecular complexity index is 677. The summed E-state index contributed by atoms with van der Waals surface area (Å²) < 4.78 is 62.0. The van der Waals surface area contributed by atoms with Crippen LogP contribution in [0.1, 0.15) is 11.0 Å². The molecule has 0 saturated carbocycles. The lowest BCUT2D eigenvalue weighted by Crippen LogP contribution is -1.77. The Balaban J connectivity index is 3.03. The number of hydrogen-bond donors (Lipinski definition) is 0. The highest BCUT2D eigenvalue weighted by molar-refractivity contribution is 6.33. The number of benzene rings is 2. The summed E-state index contributed by atoms with van der Waals surface area (Å²) >= 11 is 11.7. The summed E-state index contributed by atoms with van der Waals surface area (Å²) in [7, 11) is 0. The Morgan fingerprint density at radius 2 is 1.50 bits per heavy atom. The second-order valence-corrected chi connectivity index (χ2v) is 3.13. The molecule has 0 aliphatic carbocycles. The fourth-order valence-corrected chi connectivity index (χ4v) is 1.18. The van der Waals surface area contributed by atoms with Crippen LogP contribution in [0.15, 0.2) is 48.3 Å². The van der Waals surface area contributed by atoms with Gasteiger partial charge >= 0.3 is 0 Å². The molecule has 0 unspecified atom stereocenters. The average molecular weight is 231 g/mol. The zero-order valence-electron chi connectivity index (χ0n) is 14.8. The molecule has 0 heterocycles. The van der Waals surface area contributed by atoms with Gasteiger partial charge in [-0.05, 0) is 23.7 Å². The fourth-order valence-electron chi connectivity index (χ4n) is 0.892. The van der Waals surface area contributed by atoms with Crippen LogP contribution in [0.3, 0.4) is 0 Å². The number of rotatable bonds is 1. The van der Waals surface area contributed by atoms with Gasteiger partial charge in [0.05, 0.1) is 11.0 Å².